The number of aryl methyl sites for hydroxylation is 2. The lowest BCUT2D eigenvalue weighted by atomic mass is 10.1. The molecule has 1 aliphatic rings. The van der Waals surface area contributed by atoms with Crippen molar-refractivity contribution in [1.82, 2.24) is 4.90 Å². The van der Waals surface area contributed by atoms with Gasteiger partial charge < -0.3 is 9.47 Å². The van der Waals surface area contributed by atoms with E-state index in [-0.39, 0.29) is 6.10 Å². The van der Waals surface area contributed by atoms with Crippen LogP contribution < -0.4 is 4.74 Å². The van der Waals surface area contributed by atoms with Crippen LogP contribution in [0.15, 0.2) is 16.6 Å². The SMILES string of the molecule is Cc1cc(OCC2CN(C(C)C)CCO2)cc(C)c1Br. The van der Waals surface area contributed by atoms with Crippen molar-refractivity contribution in [2.24, 2.45) is 0 Å². The van der Waals surface area contributed by atoms with E-state index in [9.17, 15) is 0 Å². The smallest absolute Gasteiger partial charge is 0.120 e. The molecule has 0 N–H and O–H groups in total. The van der Waals surface area contributed by atoms with E-state index in [4.69, 9.17) is 9.47 Å². The number of hydrogen-bond donors (Lipinski definition) is 0. The average molecular weight is 342 g/mol. The molecule has 4 heteroatoms. The van der Waals surface area contributed by atoms with E-state index < -0.39 is 0 Å². The lowest BCUT2D eigenvalue weighted by Gasteiger charge is -2.35. The molecular formula is C16H24BrNO2. The average Bonchev–Trinajstić information content (AvgIpc) is 2.42. The molecule has 112 valence electrons. The minimum atomic E-state index is 0.162. The van der Waals surface area contributed by atoms with Crippen molar-refractivity contribution in [3.63, 3.8) is 0 Å². The normalized spacial score (nSPS) is 20.4. The highest BCUT2D eigenvalue weighted by atomic mass is 79.9. The molecular weight excluding hydrogens is 318 g/mol. The van der Waals surface area contributed by atoms with Gasteiger partial charge in [-0.15, -0.1) is 0 Å². The van der Waals surface area contributed by atoms with Gasteiger partial charge in [-0.05, 0) is 51.0 Å². The number of rotatable bonds is 4. The Labute approximate surface area is 130 Å². The maximum atomic E-state index is 5.92. The molecule has 1 heterocycles. The summed E-state index contributed by atoms with van der Waals surface area (Å²) in [4.78, 5) is 2.44. The highest BCUT2D eigenvalue weighted by Gasteiger charge is 2.22. The number of benzene rings is 1. The Morgan fingerprint density at radius 2 is 2.00 bits per heavy atom. The van der Waals surface area contributed by atoms with E-state index in [1.54, 1.807) is 0 Å². The number of halogens is 1. The van der Waals surface area contributed by atoms with E-state index in [2.05, 4.69) is 60.7 Å². The van der Waals surface area contributed by atoms with Crippen LogP contribution in [-0.2, 0) is 4.74 Å². The van der Waals surface area contributed by atoms with Gasteiger partial charge in [-0.3, -0.25) is 4.90 Å². The van der Waals surface area contributed by atoms with Crippen LogP contribution in [-0.4, -0.2) is 43.3 Å². The molecule has 0 aromatic heterocycles. The summed E-state index contributed by atoms with van der Waals surface area (Å²) in [6.45, 7) is 12.0. The topological polar surface area (TPSA) is 21.7 Å². The maximum Gasteiger partial charge on any atom is 0.120 e. The first-order valence-corrected chi connectivity index (χ1v) is 8.02. The molecule has 1 aromatic carbocycles. The molecule has 0 spiro atoms. The van der Waals surface area contributed by atoms with Crippen LogP contribution in [0, 0.1) is 13.8 Å². The summed E-state index contributed by atoms with van der Waals surface area (Å²) in [6.07, 6.45) is 0.162. The molecule has 1 saturated heterocycles. The van der Waals surface area contributed by atoms with Gasteiger partial charge in [-0.2, -0.15) is 0 Å². The molecule has 1 unspecified atom stereocenters. The fourth-order valence-electron chi connectivity index (χ4n) is 2.49. The summed E-state index contributed by atoms with van der Waals surface area (Å²) in [5.41, 5.74) is 2.40. The monoisotopic (exact) mass is 341 g/mol. The largest absolute Gasteiger partial charge is 0.491 e. The fraction of sp³-hybridized carbons (Fsp3) is 0.625. The minimum absolute atomic E-state index is 0.162. The first-order chi connectivity index (χ1) is 9.47. The second-order valence-electron chi connectivity index (χ2n) is 5.76. The molecule has 0 bridgehead atoms. The van der Waals surface area contributed by atoms with Crippen molar-refractivity contribution >= 4 is 15.9 Å². The molecule has 2 rings (SSSR count). The summed E-state index contributed by atoms with van der Waals surface area (Å²) < 4.78 is 12.9. The van der Waals surface area contributed by atoms with Gasteiger partial charge in [0.25, 0.3) is 0 Å². The maximum absolute atomic E-state index is 5.92. The van der Waals surface area contributed by atoms with Gasteiger partial charge in [0.05, 0.1) is 6.61 Å². The molecule has 3 nitrogen and oxygen atoms in total. The Morgan fingerprint density at radius 1 is 1.35 bits per heavy atom. The Kier molecular flexibility index (Phi) is 5.47. The van der Waals surface area contributed by atoms with Crippen LogP contribution in [0.3, 0.4) is 0 Å². The quantitative estimate of drug-likeness (QED) is 0.835. The Morgan fingerprint density at radius 3 is 2.60 bits per heavy atom. The minimum Gasteiger partial charge on any atom is -0.491 e. The predicted octanol–water partition coefficient (Wildman–Crippen LogP) is 3.55. The summed E-state index contributed by atoms with van der Waals surface area (Å²) >= 11 is 3.58. The van der Waals surface area contributed by atoms with Crippen molar-refractivity contribution in [2.75, 3.05) is 26.3 Å². The molecule has 0 amide bonds. The van der Waals surface area contributed by atoms with E-state index in [1.807, 2.05) is 0 Å². The molecule has 1 atom stereocenters. The first-order valence-electron chi connectivity index (χ1n) is 7.22. The lowest BCUT2D eigenvalue weighted by Crippen LogP contribution is -2.47. The summed E-state index contributed by atoms with van der Waals surface area (Å²) in [5, 5.41) is 0. The molecule has 0 saturated carbocycles. The van der Waals surface area contributed by atoms with Crippen LogP contribution in [0.1, 0.15) is 25.0 Å². The second-order valence-corrected chi connectivity index (χ2v) is 6.56. The van der Waals surface area contributed by atoms with Gasteiger partial charge in [-0.1, -0.05) is 15.9 Å². The van der Waals surface area contributed by atoms with Gasteiger partial charge >= 0.3 is 0 Å². The fourth-order valence-corrected chi connectivity index (χ4v) is 2.72. The Balaban J connectivity index is 1.92. The van der Waals surface area contributed by atoms with Crippen LogP contribution in [0.5, 0.6) is 5.75 Å². The number of nitrogens with zero attached hydrogens (tertiary/aromatic N) is 1. The number of morpholine rings is 1. The molecule has 1 aromatic rings. The third-order valence-corrected chi connectivity index (χ3v) is 5.00. The van der Waals surface area contributed by atoms with Crippen LogP contribution in [0.4, 0.5) is 0 Å². The second kappa shape index (κ2) is 6.92. The summed E-state index contributed by atoms with van der Waals surface area (Å²) in [6, 6.07) is 4.71. The van der Waals surface area contributed by atoms with E-state index in [0.29, 0.717) is 12.6 Å². The van der Waals surface area contributed by atoms with Crippen LogP contribution in [0.25, 0.3) is 0 Å². The Bertz CT molecular complexity index is 439. The van der Waals surface area contributed by atoms with Gasteiger partial charge in [0, 0.05) is 23.6 Å². The number of hydrogen-bond acceptors (Lipinski definition) is 3. The zero-order valence-electron chi connectivity index (χ0n) is 12.8. The summed E-state index contributed by atoms with van der Waals surface area (Å²) in [5.74, 6) is 0.925. The van der Waals surface area contributed by atoms with E-state index >= 15 is 0 Å². The number of ether oxygens (including phenoxy) is 2. The van der Waals surface area contributed by atoms with Crippen molar-refractivity contribution in [3.8, 4) is 5.75 Å². The predicted molar refractivity (Wildman–Crippen MR) is 85.6 cm³/mol. The highest BCUT2D eigenvalue weighted by Crippen LogP contribution is 2.26. The lowest BCUT2D eigenvalue weighted by molar-refractivity contribution is -0.0564. The molecule has 0 aliphatic carbocycles. The molecule has 1 aliphatic heterocycles. The van der Waals surface area contributed by atoms with Gasteiger partial charge in [-0.25, -0.2) is 0 Å². The molecule has 20 heavy (non-hydrogen) atoms. The molecule has 1 fully saturated rings. The van der Waals surface area contributed by atoms with E-state index in [1.165, 1.54) is 11.1 Å². The highest BCUT2D eigenvalue weighted by molar-refractivity contribution is 9.10. The standard InChI is InChI=1S/C16H24BrNO2/c1-11(2)18-5-6-19-15(9-18)10-20-14-7-12(3)16(17)13(4)8-14/h7-8,11,15H,5-6,9-10H2,1-4H3. The van der Waals surface area contributed by atoms with Crippen molar-refractivity contribution in [2.45, 2.75) is 39.8 Å². The van der Waals surface area contributed by atoms with Gasteiger partial charge in [0.15, 0.2) is 0 Å². The van der Waals surface area contributed by atoms with Crippen LogP contribution in [0.2, 0.25) is 0 Å². The van der Waals surface area contributed by atoms with Crippen LogP contribution >= 0.6 is 15.9 Å². The Hall–Kier alpha value is -0.580. The first kappa shape index (κ1) is 15.8. The van der Waals surface area contributed by atoms with E-state index in [0.717, 1.165) is 29.9 Å². The van der Waals surface area contributed by atoms with Crippen molar-refractivity contribution in [3.05, 3.63) is 27.7 Å². The zero-order valence-corrected chi connectivity index (χ0v) is 14.4. The third-order valence-electron chi connectivity index (χ3n) is 3.75. The van der Waals surface area contributed by atoms with Gasteiger partial charge in [0.2, 0.25) is 0 Å². The van der Waals surface area contributed by atoms with Crippen molar-refractivity contribution in [1.29, 1.82) is 0 Å². The summed E-state index contributed by atoms with van der Waals surface area (Å²) in [7, 11) is 0. The van der Waals surface area contributed by atoms with Gasteiger partial charge in [0.1, 0.15) is 18.5 Å². The van der Waals surface area contributed by atoms with Crippen molar-refractivity contribution < 1.29 is 9.47 Å². The molecule has 0 radical (unpaired) electrons. The third kappa shape index (κ3) is 3.96. The zero-order chi connectivity index (χ0) is 14.7.